The van der Waals surface area contributed by atoms with Gasteiger partial charge in [-0.3, -0.25) is 4.79 Å². The van der Waals surface area contributed by atoms with E-state index in [1.807, 2.05) is 11.8 Å². The first-order valence-corrected chi connectivity index (χ1v) is 9.52. The average molecular weight is 389 g/mol. The van der Waals surface area contributed by atoms with Crippen molar-refractivity contribution in [1.82, 2.24) is 4.57 Å². The number of rotatable bonds is 5. The maximum absolute atomic E-state index is 15.2. The van der Waals surface area contributed by atoms with Crippen molar-refractivity contribution in [3.05, 3.63) is 33.9 Å². The third-order valence-electron chi connectivity index (χ3n) is 5.86. The molecule has 1 aromatic carbocycles. The van der Waals surface area contributed by atoms with Gasteiger partial charge in [-0.15, -0.1) is 0 Å². The molecule has 0 radical (unpaired) electrons. The van der Waals surface area contributed by atoms with Crippen LogP contribution < -0.4 is 20.8 Å². The smallest absolute Gasteiger partial charge is 0.341 e. The molecular formula is C20H24FN3O4. The molecule has 1 saturated heterocycles. The molecule has 150 valence electrons. The van der Waals surface area contributed by atoms with Crippen molar-refractivity contribution >= 4 is 22.6 Å². The van der Waals surface area contributed by atoms with E-state index in [0.29, 0.717) is 24.3 Å². The predicted molar refractivity (Wildman–Crippen MR) is 104 cm³/mol. The molecule has 28 heavy (non-hydrogen) atoms. The van der Waals surface area contributed by atoms with Gasteiger partial charge in [0.25, 0.3) is 0 Å². The Kier molecular flexibility index (Phi) is 4.53. The summed E-state index contributed by atoms with van der Waals surface area (Å²) in [7, 11) is 1.45. The van der Waals surface area contributed by atoms with Crippen LogP contribution in [0.1, 0.15) is 42.6 Å². The second-order valence-electron chi connectivity index (χ2n) is 7.81. The predicted octanol–water partition coefficient (Wildman–Crippen LogP) is 2.36. The van der Waals surface area contributed by atoms with E-state index in [-0.39, 0.29) is 34.7 Å². The molecular weight excluding hydrogens is 365 g/mol. The highest BCUT2D eigenvalue weighted by atomic mass is 19.1. The Hall–Kier alpha value is -2.61. The third-order valence-corrected chi connectivity index (χ3v) is 5.86. The zero-order chi connectivity index (χ0) is 20.2. The molecule has 2 aliphatic rings. The van der Waals surface area contributed by atoms with Crippen molar-refractivity contribution in [3.63, 3.8) is 0 Å². The first-order chi connectivity index (χ1) is 13.3. The van der Waals surface area contributed by atoms with Crippen LogP contribution in [0.2, 0.25) is 0 Å². The van der Waals surface area contributed by atoms with Gasteiger partial charge in [0.1, 0.15) is 11.3 Å². The van der Waals surface area contributed by atoms with Crippen molar-refractivity contribution in [2.24, 2.45) is 11.7 Å². The van der Waals surface area contributed by atoms with Gasteiger partial charge in [0.05, 0.1) is 18.0 Å². The van der Waals surface area contributed by atoms with E-state index in [9.17, 15) is 14.7 Å². The molecule has 2 fully saturated rings. The van der Waals surface area contributed by atoms with Crippen LogP contribution in [-0.2, 0) is 0 Å². The molecule has 0 bridgehead atoms. The molecule has 1 saturated carbocycles. The van der Waals surface area contributed by atoms with Crippen LogP contribution in [0.15, 0.2) is 17.1 Å². The number of hydrogen-bond donors (Lipinski definition) is 2. The fraction of sp³-hybridized carbons (Fsp3) is 0.500. The van der Waals surface area contributed by atoms with Crippen LogP contribution in [0.3, 0.4) is 0 Å². The molecule has 2 atom stereocenters. The number of nitrogens with zero attached hydrogens (tertiary/aromatic N) is 2. The number of ether oxygens (including phenoxy) is 1. The maximum atomic E-state index is 15.2. The molecule has 0 amide bonds. The average Bonchev–Trinajstić information content (AvgIpc) is 3.37. The zero-order valence-electron chi connectivity index (χ0n) is 15.9. The lowest BCUT2D eigenvalue weighted by molar-refractivity contribution is 0.0695. The number of halogens is 1. The van der Waals surface area contributed by atoms with E-state index in [0.717, 1.165) is 25.3 Å². The van der Waals surface area contributed by atoms with E-state index >= 15 is 4.39 Å². The summed E-state index contributed by atoms with van der Waals surface area (Å²) in [5.41, 5.74) is 5.74. The molecule has 1 aromatic heterocycles. The molecule has 1 aliphatic carbocycles. The summed E-state index contributed by atoms with van der Waals surface area (Å²) in [6.45, 7) is 3.20. The highest BCUT2D eigenvalue weighted by molar-refractivity contribution is 5.97. The Morgan fingerprint density at radius 1 is 1.39 bits per heavy atom. The Morgan fingerprint density at radius 3 is 2.64 bits per heavy atom. The number of aromatic nitrogens is 1. The number of hydrogen-bond acceptors (Lipinski definition) is 5. The number of anilines is 1. The molecule has 2 aromatic rings. The zero-order valence-corrected chi connectivity index (χ0v) is 15.9. The number of carboxylic acids is 1. The van der Waals surface area contributed by atoms with Crippen molar-refractivity contribution in [3.8, 4) is 5.75 Å². The number of benzene rings is 1. The lowest BCUT2D eigenvalue weighted by atomic mass is 10.0. The summed E-state index contributed by atoms with van der Waals surface area (Å²) >= 11 is 0. The fourth-order valence-corrected chi connectivity index (χ4v) is 4.14. The largest absolute Gasteiger partial charge is 0.492 e. The van der Waals surface area contributed by atoms with Gasteiger partial charge in [-0.05, 0) is 38.2 Å². The van der Waals surface area contributed by atoms with E-state index in [4.69, 9.17) is 10.5 Å². The summed E-state index contributed by atoms with van der Waals surface area (Å²) in [5.74, 6) is -1.37. The number of methoxy groups -OCH3 is 1. The first kappa shape index (κ1) is 18.7. The van der Waals surface area contributed by atoms with Crippen LogP contribution in [-0.4, -0.2) is 41.9 Å². The van der Waals surface area contributed by atoms with Crippen LogP contribution in [0, 0.1) is 11.7 Å². The van der Waals surface area contributed by atoms with Gasteiger partial charge in [-0.2, -0.15) is 0 Å². The number of carboxylic acid groups (broad SMARTS) is 1. The van der Waals surface area contributed by atoms with Crippen molar-refractivity contribution in [2.75, 3.05) is 25.1 Å². The van der Waals surface area contributed by atoms with Gasteiger partial charge >= 0.3 is 5.97 Å². The number of carbonyl (C=O) groups is 1. The van der Waals surface area contributed by atoms with Gasteiger partial charge in [0, 0.05) is 31.4 Å². The molecule has 8 heteroatoms. The molecule has 3 N–H and O–H groups in total. The quantitative estimate of drug-likeness (QED) is 0.815. The molecule has 4 rings (SSSR count). The SMILES string of the molecule is COc1c(N2CC[C@H](C(C)N)C2)c(F)cc2c(=O)c(C(=O)O)cn(C3CC3)c12. The van der Waals surface area contributed by atoms with Crippen molar-refractivity contribution < 1.29 is 19.0 Å². The topological polar surface area (TPSA) is 97.8 Å². The Balaban J connectivity index is 1.97. The minimum atomic E-state index is -1.32. The first-order valence-electron chi connectivity index (χ1n) is 9.52. The summed E-state index contributed by atoms with van der Waals surface area (Å²) in [5, 5.41) is 9.43. The lowest BCUT2D eigenvalue weighted by Gasteiger charge is -2.25. The summed E-state index contributed by atoms with van der Waals surface area (Å²) in [4.78, 5) is 26.1. The molecule has 7 nitrogen and oxygen atoms in total. The normalized spacial score (nSPS) is 20.6. The van der Waals surface area contributed by atoms with Gasteiger partial charge in [0.2, 0.25) is 5.43 Å². The standard InChI is InChI=1S/C20H24FN3O4/c1-10(22)11-5-6-23(8-11)17-15(21)7-13-16(19(17)28-2)24(12-3-4-12)9-14(18(13)25)20(26)27/h7,9-12H,3-6,8,22H2,1-2H3,(H,26,27)/t10?,11-/m0/s1. The summed E-state index contributed by atoms with van der Waals surface area (Å²) < 4.78 is 22.5. The molecule has 1 aliphatic heterocycles. The minimum absolute atomic E-state index is 0.00211. The summed E-state index contributed by atoms with van der Waals surface area (Å²) in [6.07, 6.45) is 3.97. The van der Waals surface area contributed by atoms with Gasteiger partial charge < -0.3 is 25.0 Å². The van der Waals surface area contributed by atoms with E-state index in [1.54, 1.807) is 4.57 Å². The van der Waals surface area contributed by atoms with Gasteiger partial charge in [-0.25, -0.2) is 9.18 Å². The monoisotopic (exact) mass is 389 g/mol. The maximum Gasteiger partial charge on any atom is 0.341 e. The second kappa shape index (κ2) is 6.77. The third kappa shape index (κ3) is 2.92. The van der Waals surface area contributed by atoms with Gasteiger partial charge in [0.15, 0.2) is 11.6 Å². The number of pyridine rings is 1. The van der Waals surface area contributed by atoms with Crippen LogP contribution in [0.4, 0.5) is 10.1 Å². The van der Waals surface area contributed by atoms with Crippen LogP contribution in [0.5, 0.6) is 5.75 Å². The van der Waals surface area contributed by atoms with Crippen molar-refractivity contribution in [1.29, 1.82) is 0 Å². The Labute approximate surface area is 161 Å². The molecule has 1 unspecified atom stereocenters. The number of fused-ring (bicyclic) bond motifs is 1. The van der Waals surface area contributed by atoms with E-state index < -0.39 is 17.2 Å². The number of aromatic carboxylic acids is 1. The summed E-state index contributed by atoms with van der Waals surface area (Å²) in [6, 6.07) is 1.24. The highest BCUT2D eigenvalue weighted by Crippen LogP contribution is 2.44. The Bertz CT molecular complexity index is 1010. The van der Waals surface area contributed by atoms with Crippen LogP contribution in [0.25, 0.3) is 10.9 Å². The molecule has 2 heterocycles. The van der Waals surface area contributed by atoms with Crippen LogP contribution >= 0.6 is 0 Å². The minimum Gasteiger partial charge on any atom is -0.492 e. The van der Waals surface area contributed by atoms with Crippen molar-refractivity contribution in [2.45, 2.75) is 38.3 Å². The Morgan fingerprint density at radius 2 is 2.11 bits per heavy atom. The number of nitrogens with two attached hydrogens (primary N) is 1. The van der Waals surface area contributed by atoms with E-state index in [2.05, 4.69) is 0 Å². The van der Waals surface area contributed by atoms with Gasteiger partial charge in [-0.1, -0.05) is 0 Å². The second-order valence-corrected chi connectivity index (χ2v) is 7.81. The highest BCUT2D eigenvalue weighted by Gasteiger charge is 2.33. The van der Waals surface area contributed by atoms with E-state index in [1.165, 1.54) is 13.3 Å². The fourth-order valence-electron chi connectivity index (χ4n) is 4.14. The molecule has 0 spiro atoms. The lowest BCUT2D eigenvalue weighted by Crippen LogP contribution is -2.30.